The van der Waals surface area contributed by atoms with E-state index in [4.69, 9.17) is 0 Å². The Bertz CT molecular complexity index is 890. The van der Waals surface area contributed by atoms with Gasteiger partial charge in [0.1, 0.15) is 5.82 Å². The highest BCUT2D eigenvalue weighted by atomic mass is 19.4. The van der Waals surface area contributed by atoms with Crippen molar-refractivity contribution in [3.8, 4) is 0 Å². The predicted molar refractivity (Wildman–Crippen MR) is 98.6 cm³/mol. The average Bonchev–Trinajstić information content (AvgIpc) is 2.71. The monoisotopic (exact) mass is 408 g/mol. The lowest BCUT2D eigenvalue weighted by molar-refractivity contribution is -0.137. The fourth-order valence-corrected chi connectivity index (χ4v) is 3.27. The van der Waals surface area contributed by atoms with Gasteiger partial charge in [-0.3, -0.25) is 9.59 Å². The smallest absolute Gasteiger partial charge is 0.339 e. The maximum atomic E-state index is 13.2. The summed E-state index contributed by atoms with van der Waals surface area (Å²) in [6, 6.07) is 10.4. The molecule has 1 aliphatic heterocycles. The Kier molecular flexibility index (Phi) is 6.20. The largest absolute Gasteiger partial charge is 0.416 e. The van der Waals surface area contributed by atoms with Gasteiger partial charge in [0.15, 0.2) is 0 Å². The normalized spacial score (nSPS) is 14.8. The second-order valence-corrected chi connectivity index (χ2v) is 6.88. The van der Waals surface area contributed by atoms with Crippen LogP contribution >= 0.6 is 0 Å². The van der Waals surface area contributed by atoms with E-state index in [9.17, 15) is 27.2 Å². The van der Waals surface area contributed by atoms with E-state index in [-0.39, 0.29) is 36.8 Å². The minimum Gasteiger partial charge on any atom is -0.339 e. The summed E-state index contributed by atoms with van der Waals surface area (Å²) in [6.07, 6.45) is -3.87. The summed E-state index contributed by atoms with van der Waals surface area (Å²) in [5.41, 5.74) is -0.156. The first-order valence-corrected chi connectivity index (χ1v) is 9.23. The molecule has 2 aromatic carbocycles. The van der Waals surface area contributed by atoms with E-state index < -0.39 is 17.6 Å². The number of hydrogen-bond donors (Lipinski definition) is 0. The van der Waals surface area contributed by atoms with Crippen LogP contribution in [0.2, 0.25) is 0 Å². The van der Waals surface area contributed by atoms with Gasteiger partial charge >= 0.3 is 6.18 Å². The van der Waals surface area contributed by atoms with E-state index in [1.807, 2.05) is 0 Å². The van der Waals surface area contributed by atoms with E-state index in [2.05, 4.69) is 0 Å². The molecule has 1 heterocycles. The van der Waals surface area contributed by atoms with Gasteiger partial charge in [-0.1, -0.05) is 18.2 Å². The van der Waals surface area contributed by atoms with Gasteiger partial charge in [-0.15, -0.1) is 0 Å². The van der Waals surface area contributed by atoms with Crippen molar-refractivity contribution in [3.63, 3.8) is 0 Å². The van der Waals surface area contributed by atoms with Crippen molar-refractivity contribution in [1.82, 2.24) is 9.80 Å². The third kappa shape index (κ3) is 5.34. The fraction of sp³-hybridized carbons (Fsp3) is 0.333. The molecule has 0 aromatic heterocycles. The topological polar surface area (TPSA) is 40.6 Å². The van der Waals surface area contributed by atoms with Crippen molar-refractivity contribution in [2.45, 2.75) is 19.0 Å². The maximum absolute atomic E-state index is 13.2. The van der Waals surface area contributed by atoms with Gasteiger partial charge in [-0.05, 0) is 42.3 Å². The van der Waals surface area contributed by atoms with Crippen LogP contribution in [-0.2, 0) is 17.4 Å². The lowest BCUT2D eigenvalue weighted by Gasteiger charge is -2.35. The molecule has 1 saturated heterocycles. The number of benzene rings is 2. The number of aryl methyl sites for hydroxylation is 1. The number of carbonyl (C=O) groups excluding carboxylic acids is 2. The number of piperazine rings is 1. The van der Waals surface area contributed by atoms with Crippen LogP contribution in [0.4, 0.5) is 17.6 Å². The first kappa shape index (κ1) is 20.8. The number of halogens is 4. The molecule has 0 saturated carbocycles. The van der Waals surface area contributed by atoms with Gasteiger partial charge < -0.3 is 9.80 Å². The average molecular weight is 408 g/mol. The van der Waals surface area contributed by atoms with Gasteiger partial charge in [0.25, 0.3) is 5.91 Å². The van der Waals surface area contributed by atoms with Crippen LogP contribution in [0, 0.1) is 5.82 Å². The molecule has 154 valence electrons. The quantitative estimate of drug-likeness (QED) is 0.723. The number of amides is 2. The van der Waals surface area contributed by atoms with Gasteiger partial charge in [0.05, 0.1) is 5.56 Å². The van der Waals surface area contributed by atoms with Gasteiger partial charge in [0, 0.05) is 38.2 Å². The van der Waals surface area contributed by atoms with Crippen molar-refractivity contribution in [3.05, 3.63) is 71.0 Å². The Balaban J connectivity index is 1.53. The van der Waals surface area contributed by atoms with Crippen LogP contribution in [0.3, 0.4) is 0 Å². The van der Waals surface area contributed by atoms with Gasteiger partial charge in [-0.25, -0.2) is 4.39 Å². The van der Waals surface area contributed by atoms with Crippen molar-refractivity contribution >= 4 is 11.8 Å². The van der Waals surface area contributed by atoms with Crippen molar-refractivity contribution in [2.24, 2.45) is 0 Å². The van der Waals surface area contributed by atoms with Crippen LogP contribution in [0.1, 0.15) is 27.9 Å². The van der Waals surface area contributed by atoms with Gasteiger partial charge in [0.2, 0.25) is 5.91 Å². The van der Waals surface area contributed by atoms with Crippen LogP contribution < -0.4 is 0 Å². The van der Waals surface area contributed by atoms with Gasteiger partial charge in [-0.2, -0.15) is 13.2 Å². The highest BCUT2D eigenvalue weighted by Crippen LogP contribution is 2.29. The lowest BCUT2D eigenvalue weighted by atomic mass is 10.1. The molecule has 0 unspecified atom stereocenters. The van der Waals surface area contributed by atoms with E-state index in [1.165, 1.54) is 29.2 Å². The number of nitrogens with zero attached hydrogens (tertiary/aromatic N) is 2. The van der Waals surface area contributed by atoms with Crippen molar-refractivity contribution in [2.75, 3.05) is 26.2 Å². The minimum atomic E-state index is -4.51. The standard InChI is InChI=1S/C21H20F4N2O2/c22-18-6-1-3-15(13-18)7-8-19(28)26-9-11-27(12-10-26)20(29)16-4-2-5-17(14-16)21(23,24)25/h1-6,13-14H,7-12H2. The fourth-order valence-electron chi connectivity index (χ4n) is 3.27. The van der Waals surface area contributed by atoms with E-state index in [1.54, 1.807) is 17.0 Å². The number of alkyl halides is 3. The molecule has 29 heavy (non-hydrogen) atoms. The number of hydrogen-bond acceptors (Lipinski definition) is 2. The van der Waals surface area contributed by atoms with E-state index in [0.29, 0.717) is 19.5 Å². The molecule has 3 rings (SSSR count). The van der Waals surface area contributed by atoms with Crippen LogP contribution in [0.5, 0.6) is 0 Å². The van der Waals surface area contributed by atoms with Crippen molar-refractivity contribution in [1.29, 1.82) is 0 Å². The predicted octanol–water partition coefficient (Wildman–Crippen LogP) is 3.76. The van der Waals surface area contributed by atoms with Crippen LogP contribution in [0.15, 0.2) is 48.5 Å². The van der Waals surface area contributed by atoms with Crippen LogP contribution in [0.25, 0.3) is 0 Å². The Morgan fingerprint density at radius 2 is 1.55 bits per heavy atom. The molecular weight excluding hydrogens is 388 g/mol. The zero-order valence-electron chi connectivity index (χ0n) is 15.6. The Labute approximate surface area is 165 Å². The molecule has 0 radical (unpaired) electrons. The molecular formula is C21H20F4N2O2. The first-order chi connectivity index (χ1) is 13.7. The van der Waals surface area contributed by atoms with Crippen molar-refractivity contribution < 1.29 is 27.2 Å². The molecule has 0 atom stereocenters. The molecule has 2 aromatic rings. The highest BCUT2D eigenvalue weighted by molar-refractivity contribution is 5.94. The number of carbonyl (C=O) groups is 2. The van der Waals surface area contributed by atoms with Crippen LogP contribution in [-0.4, -0.2) is 47.8 Å². The summed E-state index contributed by atoms with van der Waals surface area (Å²) in [5, 5.41) is 0. The minimum absolute atomic E-state index is 0.0225. The molecule has 8 heteroatoms. The molecule has 2 amide bonds. The van der Waals surface area contributed by atoms with E-state index >= 15 is 0 Å². The second kappa shape index (κ2) is 8.63. The summed E-state index contributed by atoms with van der Waals surface area (Å²) in [6.45, 7) is 1.13. The SMILES string of the molecule is O=C(CCc1cccc(F)c1)N1CCN(C(=O)c2cccc(C(F)(F)F)c2)CC1. The lowest BCUT2D eigenvalue weighted by Crippen LogP contribution is -2.50. The molecule has 0 bridgehead atoms. The highest BCUT2D eigenvalue weighted by Gasteiger charge is 2.32. The second-order valence-electron chi connectivity index (χ2n) is 6.88. The molecule has 1 aliphatic rings. The zero-order chi connectivity index (χ0) is 21.0. The summed E-state index contributed by atoms with van der Waals surface area (Å²) in [4.78, 5) is 27.9. The first-order valence-electron chi connectivity index (χ1n) is 9.23. The molecule has 0 N–H and O–H groups in total. The summed E-state index contributed by atoms with van der Waals surface area (Å²) >= 11 is 0. The molecule has 0 aliphatic carbocycles. The Morgan fingerprint density at radius 1 is 0.897 bits per heavy atom. The Morgan fingerprint density at radius 3 is 2.21 bits per heavy atom. The summed E-state index contributed by atoms with van der Waals surface area (Å²) < 4.78 is 51.7. The molecule has 1 fully saturated rings. The molecule has 0 spiro atoms. The zero-order valence-corrected chi connectivity index (χ0v) is 15.6. The number of rotatable bonds is 4. The third-order valence-electron chi connectivity index (χ3n) is 4.87. The maximum Gasteiger partial charge on any atom is 0.416 e. The third-order valence-corrected chi connectivity index (χ3v) is 4.87. The van der Waals surface area contributed by atoms with E-state index in [0.717, 1.165) is 17.7 Å². The Hall–Kier alpha value is -2.90. The molecule has 4 nitrogen and oxygen atoms in total. The summed E-state index contributed by atoms with van der Waals surface area (Å²) in [5.74, 6) is -0.931. The summed E-state index contributed by atoms with van der Waals surface area (Å²) in [7, 11) is 0.